The summed E-state index contributed by atoms with van der Waals surface area (Å²) in [4.78, 5) is 16.6. The number of oxazole rings is 1. The van der Waals surface area contributed by atoms with E-state index >= 15 is 0 Å². The molecular weight excluding hydrogens is 288 g/mol. The summed E-state index contributed by atoms with van der Waals surface area (Å²) in [5.74, 6) is 1.10. The molecule has 1 heterocycles. The van der Waals surface area contributed by atoms with Crippen LogP contribution in [0.2, 0.25) is 0 Å². The Morgan fingerprint density at radius 3 is 3.10 bits per heavy atom. The van der Waals surface area contributed by atoms with E-state index in [1.54, 1.807) is 18.0 Å². The first-order valence-electron chi connectivity index (χ1n) is 7.53. The number of thioether (sulfide) groups is 1. The standard InChI is InChI=1S/C15H24N2O3S/c1-4-19-13(18)15(16-3)8-5-6-12(15)7-9-21-14-17-11(2)10-20-14/h10,12,16H,4-9H2,1-3H3. The topological polar surface area (TPSA) is 64.4 Å². The highest BCUT2D eigenvalue weighted by Gasteiger charge is 2.48. The molecule has 1 N–H and O–H groups in total. The molecule has 2 unspecified atom stereocenters. The number of likely N-dealkylation sites (N-methyl/N-ethyl adjacent to an activating group) is 1. The predicted molar refractivity (Wildman–Crippen MR) is 82.3 cm³/mol. The van der Waals surface area contributed by atoms with Crippen LogP contribution in [0.3, 0.4) is 0 Å². The Labute approximate surface area is 130 Å². The van der Waals surface area contributed by atoms with E-state index in [0.29, 0.717) is 17.7 Å². The SMILES string of the molecule is CCOC(=O)C1(NC)CCCC1CCSc1nc(C)co1. The van der Waals surface area contributed by atoms with E-state index in [-0.39, 0.29) is 5.97 Å². The molecule has 0 spiro atoms. The number of nitrogens with one attached hydrogen (secondary N) is 1. The van der Waals surface area contributed by atoms with Crippen molar-refractivity contribution < 1.29 is 13.9 Å². The van der Waals surface area contributed by atoms with Gasteiger partial charge in [-0.05, 0) is 46.1 Å². The number of hydrogen-bond acceptors (Lipinski definition) is 6. The van der Waals surface area contributed by atoms with E-state index in [0.717, 1.165) is 37.1 Å². The van der Waals surface area contributed by atoms with Crippen LogP contribution >= 0.6 is 11.8 Å². The first-order chi connectivity index (χ1) is 10.1. The number of carbonyl (C=O) groups is 1. The number of aromatic nitrogens is 1. The Morgan fingerprint density at radius 2 is 2.48 bits per heavy atom. The van der Waals surface area contributed by atoms with Crippen LogP contribution in [0.15, 0.2) is 15.9 Å². The minimum Gasteiger partial charge on any atom is -0.465 e. The van der Waals surface area contributed by atoms with Crippen molar-refractivity contribution in [2.24, 2.45) is 5.92 Å². The third kappa shape index (κ3) is 3.61. The van der Waals surface area contributed by atoms with Gasteiger partial charge in [-0.15, -0.1) is 0 Å². The lowest BCUT2D eigenvalue weighted by molar-refractivity contribution is -0.152. The van der Waals surface area contributed by atoms with Crippen LogP contribution in [-0.4, -0.2) is 35.9 Å². The second-order valence-corrected chi connectivity index (χ2v) is 6.47. The molecule has 21 heavy (non-hydrogen) atoms. The zero-order valence-electron chi connectivity index (χ0n) is 13.0. The predicted octanol–water partition coefficient (Wildman–Crippen LogP) is 2.79. The quantitative estimate of drug-likeness (QED) is 0.617. The summed E-state index contributed by atoms with van der Waals surface area (Å²) < 4.78 is 10.6. The van der Waals surface area contributed by atoms with Crippen molar-refractivity contribution in [1.82, 2.24) is 10.3 Å². The molecule has 0 radical (unpaired) electrons. The summed E-state index contributed by atoms with van der Waals surface area (Å²) >= 11 is 1.61. The first-order valence-corrected chi connectivity index (χ1v) is 8.52. The molecule has 6 heteroatoms. The lowest BCUT2D eigenvalue weighted by Crippen LogP contribution is -2.54. The monoisotopic (exact) mass is 312 g/mol. The van der Waals surface area contributed by atoms with Crippen LogP contribution in [0.1, 0.15) is 38.3 Å². The Balaban J connectivity index is 1.92. The maximum atomic E-state index is 12.3. The minimum atomic E-state index is -0.511. The summed E-state index contributed by atoms with van der Waals surface area (Å²) in [5.41, 5.74) is 0.387. The van der Waals surface area contributed by atoms with Crippen molar-refractivity contribution in [2.45, 2.75) is 50.3 Å². The molecule has 1 saturated carbocycles. The van der Waals surface area contributed by atoms with E-state index in [1.807, 2.05) is 20.9 Å². The third-order valence-corrected chi connectivity index (χ3v) is 5.07. The van der Waals surface area contributed by atoms with Crippen LogP contribution in [0.5, 0.6) is 0 Å². The van der Waals surface area contributed by atoms with Crippen molar-refractivity contribution in [3.05, 3.63) is 12.0 Å². The van der Waals surface area contributed by atoms with E-state index in [4.69, 9.17) is 9.15 Å². The molecule has 1 aromatic rings. The molecule has 0 aliphatic heterocycles. The Kier molecular flexibility index (Phi) is 5.70. The second kappa shape index (κ2) is 7.31. The van der Waals surface area contributed by atoms with Gasteiger partial charge in [-0.2, -0.15) is 0 Å². The van der Waals surface area contributed by atoms with Gasteiger partial charge in [0.1, 0.15) is 11.8 Å². The van der Waals surface area contributed by atoms with Gasteiger partial charge in [-0.25, -0.2) is 4.98 Å². The van der Waals surface area contributed by atoms with Gasteiger partial charge in [0, 0.05) is 5.75 Å². The molecule has 1 aromatic heterocycles. The maximum Gasteiger partial charge on any atom is 0.326 e. The molecule has 0 amide bonds. The lowest BCUT2D eigenvalue weighted by Gasteiger charge is -2.32. The fourth-order valence-electron chi connectivity index (χ4n) is 3.12. The zero-order chi connectivity index (χ0) is 15.3. The first kappa shape index (κ1) is 16.4. The molecule has 2 rings (SSSR count). The van der Waals surface area contributed by atoms with Gasteiger partial charge in [0.2, 0.25) is 0 Å². The normalized spacial score (nSPS) is 25.2. The number of ether oxygens (including phenoxy) is 1. The third-order valence-electron chi connectivity index (χ3n) is 4.20. The van der Waals surface area contributed by atoms with Crippen molar-refractivity contribution in [3.8, 4) is 0 Å². The Bertz CT molecular complexity index is 477. The van der Waals surface area contributed by atoms with Crippen LogP contribution < -0.4 is 5.32 Å². The molecular formula is C15H24N2O3S. The number of nitrogens with zero attached hydrogens (tertiary/aromatic N) is 1. The smallest absolute Gasteiger partial charge is 0.326 e. The number of carbonyl (C=O) groups excluding carboxylic acids is 1. The summed E-state index contributed by atoms with van der Waals surface area (Å²) in [5, 5.41) is 3.95. The molecule has 5 nitrogen and oxygen atoms in total. The van der Waals surface area contributed by atoms with Crippen LogP contribution in [0, 0.1) is 12.8 Å². The van der Waals surface area contributed by atoms with Gasteiger partial charge in [0.15, 0.2) is 0 Å². The molecule has 0 bridgehead atoms. The van der Waals surface area contributed by atoms with Gasteiger partial charge in [0.05, 0.1) is 12.3 Å². The highest BCUT2D eigenvalue weighted by molar-refractivity contribution is 7.99. The fourth-order valence-corrected chi connectivity index (χ4v) is 4.02. The average Bonchev–Trinajstić information content (AvgIpc) is 3.06. The Hall–Kier alpha value is -1.01. The summed E-state index contributed by atoms with van der Waals surface area (Å²) in [6.07, 6.45) is 5.59. The van der Waals surface area contributed by atoms with Crippen molar-refractivity contribution in [2.75, 3.05) is 19.4 Å². The van der Waals surface area contributed by atoms with E-state index in [2.05, 4.69) is 10.3 Å². The molecule has 118 valence electrons. The zero-order valence-corrected chi connectivity index (χ0v) is 13.8. The van der Waals surface area contributed by atoms with Gasteiger partial charge >= 0.3 is 5.97 Å². The van der Waals surface area contributed by atoms with Gasteiger partial charge in [-0.1, -0.05) is 18.2 Å². The number of esters is 1. The fraction of sp³-hybridized carbons (Fsp3) is 0.733. The van der Waals surface area contributed by atoms with Crippen molar-refractivity contribution in [1.29, 1.82) is 0 Å². The van der Waals surface area contributed by atoms with E-state index in [9.17, 15) is 4.79 Å². The van der Waals surface area contributed by atoms with E-state index in [1.165, 1.54) is 0 Å². The summed E-state index contributed by atoms with van der Waals surface area (Å²) in [7, 11) is 1.86. The highest BCUT2D eigenvalue weighted by atomic mass is 32.2. The van der Waals surface area contributed by atoms with Crippen LogP contribution in [0.25, 0.3) is 0 Å². The second-order valence-electron chi connectivity index (χ2n) is 5.42. The van der Waals surface area contributed by atoms with Gasteiger partial charge in [-0.3, -0.25) is 4.79 Å². The summed E-state index contributed by atoms with van der Waals surface area (Å²) in [6.45, 7) is 4.20. The van der Waals surface area contributed by atoms with Gasteiger partial charge in [0.25, 0.3) is 5.22 Å². The maximum absolute atomic E-state index is 12.3. The molecule has 1 aliphatic rings. The molecule has 0 saturated heterocycles. The molecule has 1 aliphatic carbocycles. The number of aryl methyl sites for hydroxylation is 1. The number of hydrogen-bond donors (Lipinski definition) is 1. The minimum absolute atomic E-state index is 0.105. The van der Waals surface area contributed by atoms with E-state index < -0.39 is 5.54 Å². The molecule has 0 aromatic carbocycles. The van der Waals surface area contributed by atoms with Gasteiger partial charge < -0.3 is 14.5 Å². The number of rotatable bonds is 7. The molecule has 2 atom stereocenters. The molecule has 1 fully saturated rings. The highest BCUT2D eigenvalue weighted by Crippen LogP contribution is 2.39. The Morgan fingerprint density at radius 1 is 1.67 bits per heavy atom. The lowest BCUT2D eigenvalue weighted by atomic mass is 9.85. The van der Waals surface area contributed by atoms with Crippen LogP contribution in [-0.2, 0) is 9.53 Å². The summed E-state index contributed by atoms with van der Waals surface area (Å²) in [6, 6.07) is 0. The average molecular weight is 312 g/mol. The van der Waals surface area contributed by atoms with Crippen LogP contribution in [0.4, 0.5) is 0 Å². The largest absolute Gasteiger partial charge is 0.465 e. The van der Waals surface area contributed by atoms with Crippen molar-refractivity contribution in [3.63, 3.8) is 0 Å². The van der Waals surface area contributed by atoms with Crippen molar-refractivity contribution >= 4 is 17.7 Å².